The van der Waals surface area contributed by atoms with E-state index in [0.29, 0.717) is 18.2 Å². The minimum atomic E-state index is 0.0436. The lowest BCUT2D eigenvalue weighted by atomic mass is 9.93. The lowest BCUT2D eigenvalue weighted by Gasteiger charge is -2.32. The molecule has 0 aliphatic carbocycles. The molecular formula is C23H28N4O2. The van der Waals surface area contributed by atoms with Gasteiger partial charge in [0.15, 0.2) is 0 Å². The molecule has 0 saturated carbocycles. The van der Waals surface area contributed by atoms with Crippen LogP contribution >= 0.6 is 0 Å². The molecule has 1 fully saturated rings. The van der Waals surface area contributed by atoms with Crippen LogP contribution in [0.2, 0.25) is 0 Å². The van der Waals surface area contributed by atoms with E-state index in [2.05, 4.69) is 21.5 Å². The van der Waals surface area contributed by atoms with Gasteiger partial charge in [-0.05, 0) is 44.2 Å². The summed E-state index contributed by atoms with van der Waals surface area (Å²) in [6.45, 7) is 5.18. The molecule has 0 spiro atoms. The molecule has 152 valence electrons. The average molecular weight is 393 g/mol. The van der Waals surface area contributed by atoms with Gasteiger partial charge in [-0.2, -0.15) is 0 Å². The van der Waals surface area contributed by atoms with E-state index in [9.17, 15) is 4.79 Å². The van der Waals surface area contributed by atoms with E-state index in [4.69, 9.17) is 4.74 Å². The van der Waals surface area contributed by atoms with Gasteiger partial charge >= 0.3 is 0 Å². The standard InChI is InChI=1S/C23H28N4O2/c1-17-15-24-22(16-29-2)27(17)14-11-18-9-12-26(13-10-18)23(28)21-8-7-19-5-3-4-6-20(19)25-21/h3-8,15,18H,9-14,16H2,1-2H3. The summed E-state index contributed by atoms with van der Waals surface area (Å²) in [5.74, 6) is 1.66. The summed E-state index contributed by atoms with van der Waals surface area (Å²) >= 11 is 0. The lowest BCUT2D eigenvalue weighted by Crippen LogP contribution is -2.39. The largest absolute Gasteiger partial charge is 0.377 e. The number of carbonyl (C=O) groups excluding carboxylic acids is 1. The van der Waals surface area contributed by atoms with Gasteiger partial charge < -0.3 is 14.2 Å². The van der Waals surface area contributed by atoms with Gasteiger partial charge in [0.25, 0.3) is 5.91 Å². The minimum absolute atomic E-state index is 0.0436. The number of methoxy groups -OCH3 is 1. The second kappa shape index (κ2) is 8.74. The van der Waals surface area contributed by atoms with Crippen molar-refractivity contribution in [3.8, 4) is 0 Å². The molecule has 1 saturated heterocycles. The Hall–Kier alpha value is -2.73. The fourth-order valence-corrected chi connectivity index (χ4v) is 4.14. The molecule has 3 heterocycles. The number of rotatable bonds is 6. The molecular weight excluding hydrogens is 364 g/mol. The maximum atomic E-state index is 12.9. The number of nitrogens with zero attached hydrogens (tertiary/aromatic N) is 4. The molecule has 4 rings (SSSR count). The van der Waals surface area contributed by atoms with Crippen molar-refractivity contribution in [1.82, 2.24) is 19.4 Å². The van der Waals surface area contributed by atoms with Crippen LogP contribution < -0.4 is 0 Å². The van der Waals surface area contributed by atoms with E-state index in [0.717, 1.165) is 55.6 Å². The van der Waals surface area contributed by atoms with Crippen LogP contribution in [0.15, 0.2) is 42.6 Å². The Morgan fingerprint density at radius 1 is 1.17 bits per heavy atom. The monoisotopic (exact) mass is 392 g/mol. The normalized spacial score (nSPS) is 15.2. The number of aryl methyl sites for hydroxylation is 1. The Morgan fingerprint density at radius 2 is 1.97 bits per heavy atom. The molecule has 1 aliphatic rings. The number of fused-ring (bicyclic) bond motifs is 1. The van der Waals surface area contributed by atoms with Crippen molar-refractivity contribution in [1.29, 1.82) is 0 Å². The Morgan fingerprint density at radius 3 is 2.76 bits per heavy atom. The number of likely N-dealkylation sites (tertiary alicyclic amines) is 1. The molecule has 2 aromatic heterocycles. The van der Waals surface area contributed by atoms with Crippen molar-refractivity contribution in [2.45, 2.75) is 39.3 Å². The molecule has 1 aliphatic heterocycles. The summed E-state index contributed by atoms with van der Waals surface area (Å²) in [7, 11) is 1.70. The molecule has 0 N–H and O–H groups in total. The second-order valence-corrected chi connectivity index (χ2v) is 7.81. The summed E-state index contributed by atoms with van der Waals surface area (Å²) in [6.07, 6.45) is 5.08. The summed E-state index contributed by atoms with van der Waals surface area (Å²) in [6, 6.07) is 11.7. The molecule has 0 atom stereocenters. The average Bonchev–Trinajstić information content (AvgIpc) is 3.11. The van der Waals surface area contributed by atoms with E-state index >= 15 is 0 Å². The fourth-order valence-electron chi connectivity index (χ4n) is 4.14. The number of benzene rings is 1. The zero-order valence-corrected chi connectivity index (χ0v) is 17.2. The van der Waals surface area contributed by atoms with Crippen LogP contribution in [-0.4, -0.2) is 45.5 Å². The van der Waals surface area contributed by atoms with Crippen molar-refractivity contribution in [2.24, 2.45) is 5.92 Å². The van der Waals surface area contributed by atoms with Crippen LogP contribution in [0.25, 0.3) is 10.9 Å². The maximum Gasteiger partial charge on any atom is 0.272 e. The predicted molar refractivity (Wildman–Crippen MR) is 113 cm³/mol. The zero-order chi connectivity index (χ0) is 20.2. The number of piperidine rings is 1. The van der Waals surface area contributed by atoms with Crippen LogP contribution in [0, 0.1) is 12.8 Å². The Balaban J connectivity index is 1.33. The van der Waals surface area contributed by atoms with Gasteiger partial charge in [-0.15, -0.1) is 0 Å². The summed E-state index contributed by atoms with van der Waals surface area (Å²) in [5, 5.41) is 1.06. The van der Waals surface area contributed by atoms with Gasteiger partial charge in [0.05, 0.1) is 5.52 Å². The van der Waals surface area contributed by atoms with Gasteiger partial charge in [-0.1, -0.05) is 24.3 Å². The third kappa shape index (κ3) is 4.32. The number of para-hydroxylation sites is 1. The Bertz CT molecular complexity index is 989. The van der Waals surface area contributed by atoms with Crippen LogP contribution in [0.3, 0.4) is 0 Å². The van der Waals surface area contributed by atoms with Crippen molar-refractivity contribution in [2.75, 3.05) is 20.2 Å². The summed E-state index contributed by atoms with van der Waals surface area (Å²) < 4.78 is 7.50. The van der Waals surface area contributed by atoms with Gasteiger partial charge in [0.1, 0.15) is 18.1 Å². The summed E-state index contributed by atoms with van der Waals surface area (Å²) in [4.78, 5) is 23.8. The zero-order valence-electron chi connectivity index (χ0n) is 17.2. The fraction of sp³-hybridized carbons (Fsp3) is 0.435. The number of amides is 1. The Kier molecular flexibility index (Phi) is 5.90. The lowest BCUT2D eigenvalue weighted by molar-refractivity contribution is 0.0679. The van der Waals surface area contributed by atoms with Crippen LogP contribution in [-0.2, 0) is 17.9 Å². The highest BCUT2D eigenvalue weighted by Gasteiger charge is 2.24. The Labute approximate surface area is 171 Å². The van der Waals surface area contributed by atoms with Crippen molar-refractivity contribution in [3.05, 3.63) is 59.8 Å². The molecule has 0 radical (unpaired) electrons. The number of imidazole rings is 1. The number of pyridine rings is 1. The molecule has 29 heavy (non-hydrogen) atoms. The molecule has 0 unspecified atom stereocenters. The number of ether oxygens (including phenoxy) is 1. The minimum Gasteiger partial charge on any atom is -0.377 e. The van der Waals surface area contributed by atoms with Crippen molar-refractivity contribution < 1.29 is 9.53 Å². The highest BCUT2D eigenvalue weighted by molar-refractivity contribution is 5.94. The van der Waals surface area contributed by atoms with Gasteiger partial charge in [0, 0.05) is 44.0 Å². The quantitative estimate of drug-likeness (QED) is 0.640. The first kappa shape index (κ1) is 19.6. The molecule has 6 nitrogen and oxygen atoms in total. The molecule has 1 amide bonds. The number of carbonyl (C=O) groups is 1. The topological polar surface area (TPSA) is 60.2 Å². The molecule has 0 bridgehead atoms. The predicted octanol–water partition coefficient (Wildman–Crippen LogP) is 3.83. The summed E-state index contributed by atoms with van der Waals surface area (Å²) in [5.41, 5.74) is 2.59. The molecule has 3 aromatic rings. The smallest absolute Gasteiger partial charge is 0.272 e. The highest BCUT2D eigenvalue weighted by Crippen LogP contribution is 2.23. The van der Waals surface area contributed by atoms with Crippen LogP contribution in [0.5, 0.6) is 0 Å². The number of hydrogen-bond acceptors (Lipinski definition) is 4. The first-order valence-electron chi connectivity index (χ1n) is 10.3. The second-order valence-electron chi connectivity index (χ2n) is 7.81. The van der Waals surface area contributed by atoms with Crippen molar-refractivity contribution >= 4 is 16.8 Å². The third-order valence-corrected chi connectivity index (χ3v) is 5.89. The first-order chi connectivity index (χ1) is 14.2. The molecule has 6 heteroatoms. The van der Waals surface area contributed by atoms with Crippen LogP contribution in [0.1, 0.15) is 41.3 Å². The van der Waals surface area contributed by atoms with E-state index < -0.39 is 0 Å². The highest BCUT2D eigenvalue weighted by atomic mass is 16.5. The van der Waals surface area contributed by atoms with E-state index in [1.165, 1.54) is 5.69 Å². The van der Waals surface area contributed by atoms with E-state index in [1.807, 2.05) is 47.5 Å². The SMILES string of the molecule is COCc1ncc(C)n1CCC1CCN(C(=O)c2ccc3ccccc3n2)CC1. The van der Waals surface area contributed by atoms with Gasteiger partial charge in [-0.25, -0.2) is 9.97 Å². The third-order valence-electron chi connectivity index (χ3n) is 5.89. The van der Waals surface area contributed by atoms with Crippen LogP contribution in [0.4, 0.5) is 0 Å². The first-order valence-corrected chi connectivity index (χ1v) is 10.3. The van der Waals surface area contributed by atoms with E-state index in [-0.39, 0.29) is 5.91 Å². The van der Waals surface area contributed by atoms with Gasteiger partial charge in [-0.3, -0.25) is 4.79 Å². The number of hydrogen-bond donors (Lipinski definition) is 0. The molecule has 1 aromatic carbocycles. The maximum absolute atomic E-state index is 12.9. The number of aromatic nitrogens is 3. The van der Waals surface area contributed by atoms with E-state index in [1.54, 1.807) is 7.11 Å². The van der Waals surface area contributed by atoms with Crippen molar-refractivity contribution in [3.63, 3.8) is 0 Å². The van der Waals surface area contributed by atoms with Gasteiger partial charge in [0.2, 0.25) is 0 Å².